The standard InChI is InChI=1S/C24H26N2O5/c1-26-21-11-10-19(29-13-14-31-22-9-5-6-12-30-22)15-17(21)16-20(24(26)28)23(27)25-18-7-3-2-4-8-18/h2-4,7-8,10-11,15-16,22H,5-6,9,12-14H2,1H3,(H,25,27). The number of para-hydroxylation sites is 1. The van der Waals surface area contributed by atoms with E-state index in [4.69, 9.17) is 14.2 Å². The molecule has 1 aliphatic heterocycles. The highest BCUT2D eigenvalue weighted by atomic mass is 16.7. The molecule has 0 radical (unpaired) electrons. The van der Waals surface area contributed by atoms with E-state index in [1.807, 2.05) is 36.4 Å². The molecule has 0 bridgehead atoms. The highest BCUT2D eigenvalue weighted by molar-refractivity contribution is 6.05. The highest BCUT2D eigenvalue weighted by Crippen LogP contribution is 2.21. The average molecular weight is 422 g/mol. The Hall–Kier alpha value is -3.16. The summed E-state index contributed by atoms with van der Waals surface area (Å²) in [5.74, 6) is 0.203. The Morgan fingerprint density at radius 2 is 1.97 bits per heavy atom. The SMILES string of the molecule is Cn1c(=O)c(C(=O)Nc2ccccc2)cc2cc(OCCOC3CCCCO3)ccc21. The van der Waals surface area contributed by atoms with Crippen LogP contribution >= 0.6 is 0 Å². The van der Waals surface area contributed by atoms with Gasteiger partial charge in [0.2, 0.25) is 0 Å². The molecule has 7 heteroatoms. The lowest BCUT2D eigenvalue weighted by atomic mass is 10.1. The summed E-state index contributed by atoms with van der Waals surface area (Å²) >= 11 is 0. The molecule has 1 atom stereocenters. The summed E-state index contributed by atoms with van der Waals surface area (Å²) in [7, 11) is 1.66. The van der Waals surface area contributed by atoms with Crippen LogP contribution in [0.3, 0.4) is 0 Å². The molecular formula is C24H26N2O5. The monoisotopic (exact) mass is 422 g/mol. The van der Waals surface area contributed by atoms with Crippen molar-refractivity contribution in [2.75, 3.05) is 25.1 Å². The van der Waals surface area contributed by atoms with E-state index in [-0.39, 0.29) is 17.4 Å². The number of aromatic nitrogens is 1. The first-order valence-electron chi connectivity index (χ1n) is 10.5. The summed E-state index contributed by atoms with van der Waals surface area (Å²) in [4.78, 5) is 25.4. The highest BCUT2D eigenvalue weighted by Gasteiger charge is 2.16. The molecule has 2 heterocycles. The van der Waals surface area contributed by atoms with E-state index in [2.05, 4.69) is 5.32 Å². The van der Waals surface area contributed by atoms with Crippen molar-refractivity contribution < 1.29 is 19.0 Å². The molecule has 7 nitrogen and oxygen atoms in total. The smallest absolute Gasteiger partial charge is 0.263 e. The number of amides is 1. The average Bonchev–Trinajstić information content (AvgIpc) is 2.80. The lowest BCUT2D eigenvalue weighted by Gasteiger charge is -2.22. The van der Waals surface area contributed by atoms with Crippen LogP contribution in [0, 0.1) is 0 Å². The zero-order chi connectivity index (χ0) is 21.6. The summed E-state index contributed by atoms with van der Waals surface area (Å²) in [5.41, 5.74) is 1.08. The Morgan fingerprint density at radius 3 is 2.74 bits per heavy atom. The first-order chi connectivity index (χ1) is 15.1. The molecule has 1 saturated heterocycles. The van der Waals surface area contributed by atoms with E-state index in [1.165, 1.54) is 4.57 Å². The number of hydrogen-bond acceptors (Lipinski definition) is 5. The number of carbonyl (C=O) groups excluding carboxylic acids is 1. The fourth-order valence-electron chi connectivity index (χ4n) is 3.62. The van der Waals surface area contributed by atoms with Crippen LogP contribution in [0.1, 0.15) is 29.6 Å². The number of rotatable bonds is 7. The van der Waals surface area contributed by atoms with Gasteiger partial charge >= 0.3 is 0 Å². The fraction of sp³-hybridized carbons (Fsp3) is 0.333. The predicted molar refractivity (Wildman–Crippen MR) is 119 cm³/mol. The molecule has 0 aliphatic carbocycles. The molecule has 2 aromatic carbocycles. The van der Waals surface area contributed by atoms with Gasteiger partial charge in [0.1, 0.15) is 17.9 Å². The Morgan fingerprint density at radius 1 is 1.13 bits per heavy atom. The second kappa shape index (κ2) is 9.76. The number of anilines is 1. The number of nitrogens with one attached hydrogen (secondary N) is 1. The normalized spacial score (nSPS) is 16.2. The second-order valence-corrected chi connectivity index (χ2v) is 7.48. The summed E-state index contributed by atoms with van der Waals surface area (Å²) in [6.45, 7) is 1.56. The predicted octanol–water partition coefficient (Wildman–Crippen LogP) is 3.71. The Balaban J connectivity index is 1.46. The third-order valence-corrected chi connectivity index (χ3v) is 5.27. The van der Waals surface area contributed by atoms with E-state index in [9.17, 15) is 9.59 Å². The van der Waals surface area contributed by atoms with Crippen molar-refractivity contribution in [3.05, 3.63) is 70.5 Å². The molecule has 1 unspecified atom stereocenters. The first-order valence-corrected chi connectivity index (χ1v) is 10.5. The molecule has 1 amide bonds. The molecule has 162 valence electrons. The molecule has 1 aromatic heterocycles. The third kappa shape index (κ3) is 5.13. The second-order valence-electron chi connectivity index (χ2n) is 7.48. The van der Waals surface area contributed by atoms with Gasteiger partial charge in [0, 0.05) is 24.7 Å². The lowest BCUT2D eigenvalue weighted by molar-refractivity contribution is -0.165. The van der Waals surface area contributed by atoms with Crippen LogP contribution < -0.4 is 15.6 Å². The molecule has 1 aliphatic rings. The number of hydrogen-bond donors (Lipinski definition) is 1. The van der Waals surface area contributed by atoms with Crippen LogP contribution in [0.15, 0.2) is 59.4 Å². The van der Waals surface area contributed by atoms with Crippen LogP contribution in [0.5, 0.6) is 5.75 Å². The molecule has 4 rings (SSSR count). The van der Waals surface area contributed by atoms with Crippen LogP contribution in [0.2, 0.25) is 0 Å². The number of carbonyl (C=O) groups is 1. The van der Waals surface area contributed by atoms with Gasteiger partial charge in [-0.15, -0.1) is 0 Å². The number of benzene rings is 2. The first kappa shape index (κ1) is 21.1. The Kier molecular flexibility index (Phi) is 6.64. The number of ether oxygens (including phenoxy) is 3. The maximum absolute atomic E-state index is 12.7. The number of pyridine rings is 1. The van der Waals surface area contributed by atoms with Crippen molar-refractivity contribution in [2.24, 2.45) is 7.05 Å². The van der Waals surface area contributed by atoms with E-state index in [0.717, 1.165) is 36.8 Å². The molecule has 1 N–H and O–H groups in total. The van der Waals surface area contributed by atoms with Gasteiger partial charge in [-0.25, -0.2) is 0 Å². The lowest BCUT2D eigenvalue weighted by Crippen LogP contribution is -2.27. The van der Waals surface area contributed by atoms with Gasteiger partial charge in [-0.1, -0.05) is 18.2 Å². The Bertz CT molecular complexity index is 1100. The zero-order valence-electron chi connectivity index (χ0n) is 17.5. The van der Waals surface area contributed by atoms with E-state index in [1.54, 1.807) is 25.2 Å². The van der Waals surface area contributed by atoms with Crippen LogP contribution in [-0.2, 0) is 16.5 Å². The van der Waals surface area contributed by atoms with Crippen LogP contribution in [0.25, 0.3) is 10.9 Å². The van der Waals surface area contributed by atoms with Crippen molar-refractivity contribution in [2.45, 2.75) is 25.6 Å². The molecule has 0 saturated carbocycles. The number of aryl methyl sites for hydroxylation is 1. The third-order valence-electron chi connectivity index (χ3n) is 5.27. The Labute approximate surface area is 180 Å². The van der Waals surface area contributed by atoms with E-state index < -0.39 is 5.91 Å². The summed E-state index contributed by atoms with van der Waals surface area (Å²) in [5, 5.41) is 3.51. The van der Waals surface area contributed by atoms with Crippen molar-refractivity contribution in [1.29, 1.82) is 0 Å². The van der Waals surface area contributed by atoms with E-state index >= 15 is 0 Å². The molecule has 0 spiro atoms. The van der Waals surface area contributed by atoms with Gasteiger partial charge in [-0.05, 0) is 55.7 Å². The maximum Gasteiger partial charge on any atom is 0.263 e. The zero-order valence-corrected chi connectivity index (χ0v) is 17.5. The molecular weight excluding hydrogens is 396 g/mol. The molecule has 3 aromatic rings. The van der Waals surface area contributed by atoms with Gasteiger partial charge in [-0.2, -0.15) is 0 Å². The summed E-state index contributed by atoms with van der Waals surface area (Å²) in [6.07, 6.45) is 2.97. The minimum atomic E-state index is -0.444. The molecule has 1 fully saturated rings. The minimum absolute atomic E-state index is 0.0776. The minimum Gasteiger partial charge on any atom is -0.491 e. The topological polar surface area (TPSA) is 78.8 Å². The van der Waals surface area contributed by atoms with Crippen molar-refractivity contribution >= 4 is 22.5 Å². The van der Waals surface area contributed by atoms with Gasteiger partial charge in [-0.3, -0.25) is 9.59 Å². The fourth-order valence-corrected chi connectivity index (χ4v) is 3.62. The van der Waals surface area contributed by atoms with Crippen molar-refractivity contribution in [3.8, 4) is 5.75 Å². The maximum atomic E-state index is 12.7. The summed E-state index contributed by atoms with van der Waals surface area (Å²) < 4.78 is 18.5. The van der Waals surface area contributed by atoms with Crippen LogP contribution in [-0.4, -0.2) is 36.6 Å². The largest absolute Gasteiger partial charge is 0.491 e. The van der Waals surface area contributed by atoms with E-state index in [0.29, 0.717) is 24.7 Å². The number of fused-ring (bicyclic) bond motifs is 1. The van der Waals surface area contributed by atoms with Crippen molar-refractivity contribution in [1.82, 2.24) is 4.57 Å². The van der Waals surface area contributed by atoms with Gasteiger partial charge in [0.05, 0.1) is 12.1 Å². The van der Waals surface area contributed by atoms with Gasteiger partial charge < -0.3 is 24.1 Å². The molecule has 31 heavy (non-hydrogen) atoms. The van der Waals surface area contributed by atoms with Crippen LogP contribution in [0.4, 0.5) is 5.69 Å². The van der Waals surface area contributed by atoms with Gasteiger partial charge in [0.15, 0.2) is 6.29 Å². The van der Waals surface area contributed by atoms with Crippen molar-refractivity contribution in [3.63, 3.8) is 0 Å². The summed E-state index contributed by atoms with van der Waals surface area (Å²) in [6, 6.07) is 16.1. The number of nitrogens with zero attached hydrogens (tertiary/aromatic N) is 1. The van der Waals surface area contributed by atoms with Gasteiger partial charge in [0.25, 0.3) is 11.5 Å². The quantitative estimate of drug-likeness (QED) is 0.587.